The number of carbonyl (C=O) groups excluding carboxylic acids is 1. The van der Waals surface area contributed by atoms with Crippen LogP contribution in [0.3, 0.4) is 0 Å². The number of H-pyrrole nitrogens is 1. The van der Waals surface area contributed by atoms with Gasteiger partial charge < -0.3 is 0 Å². The van der Waals surface area contributed by atoms with E-state index in [2.05, 4.69) is 15.6 Å². The van der Waals surface area contributed by atoms with Crippen LogP contribution in [0.4, 0.5) is 5.69 Å². The molecule has 11 heteroatoms. The Morgan fingerprint density at radius 2 is 1.93 bits per heavy atom. The van der Waals surface area contributed by atoms with Gasteiger partial charge in [0.05, 0.1) is 31.9 Å². The number of aromatic nitrogens is 2. The predicted molar refractivity (Wildman–Crippen MR) is 114 cm³/mol. The quantitative estimate of drug-likeness (QED) is 0.350. The van der Waals surface area contributed by atoms with Crippen molar-refractivity contribution in [2.75, 3.05) is 0 Å². The Balaban J connectivity index is 1.88. The minimum atomic E-state index is -0.643. The van der Waals surface area contributed by atoms with Crippen LogP contribution in [-0.4, -0.2) is 26.3 Å². The zero-order valence-corrected chi connectivity index (χ0v) is 17.3. The predicted octanol–water partition coefficient (Wildman–Crippen LogP) is 3.84. The lowest BCUT2D eigenvalue weighted by molar-refractivity contribution is -0.384. The first-order valence-electron chi connectivity index (χ1n) is 8.55. The molecule has 0 saturated heterocycles. The summed E-state index contributed by atoms with van der Waals surface area (Å²) in [6.07, 6.45) is 0. The lowest BCUT2D eigenvalue weighted by atomic mass is 10.2. The molecular formula is C19H15Cl2N5O4. The molecule has 0 bridgehead atoms. The fourth-order valence-corrected chi connectivity index (χ4v) is 3.09. The van der Waals surface area contributed by atoms with E-state index in [9.17, 15) is 19.7 Å². The summed E-state index contributed by atoms with van der Waals surface area (Å²) in [7, 11) is 0. The molecule has 0 spiro atoms. The van der Waals surface area contributed by atoms with Gasteiger partial charge in [0.25, 0.3) is 17.2 Å². The number of hydrogen-bond donors (Lipinski definition) is 2. The Morgan fingerprint density at radius 1 is 1.20 bits per heavy atom. The maximum Gasteiger partial charge on any atom is 0.280 e. The number of benzene rings is 2. The van der Waals surface area contributed by atoms with Crippen LogP contribution in [0.5, 0.6) is 0 Å². The Bertz CT molecular complexity index is 1250. The number of hydrazone groups is 1. The Kier molecular flexibility index (Phi) is 6.04. The largest absolute Gasteiger partial charge is 0.295 e. The number of nitrogens with zero attached hydrogens (tertiary/aromatic N) is 3. The van der Waals surface area contributed by atoms with Crippen LogP contribution in [0.25, 0.3) is 5.69 Å². The monoisotopic (exact) mass is 447 g/mol. The van der Waals surface area contributed by atoms with E-state index in [1.165, 1.54) is 22.9 Å². The molecule has 0 aliphatic carbocycles. The number of nitro groups is 1. The highest BCUT2D eigenvalue weighted by atomic mass is 35.5. The van der Waals surface area contributed by atoms with E-state index >= 15 is 0 Å². The van der Waals surface area contributed by atoms with Crippen LogP contribution in [0.2, 0.25) is 10.0 Å². The van der Waals surface area contributed by atoms with Gasteiger partial charge in [-0.05, 0) is 38.1 Å². The van der Waals surface area contributed by atoms with Crippen molar-refractivity contribution in [1.29, 1.82) is 0 Å². The van der Waals surface area contributed by atoms with Gasteiger partial charge >= 0.3 is 0 Å². The van der Waals surface area contributed by atoms with Gasteiger partial charge in [-0.15, -0.1) is 0 Å². The minimum absolute atomic E-state index is 0.0692. The van der Waals surface area contributed by atoms with Crippen molar-refractivity contribution in [3.63, 3.8) is 0 Å². The zero-order valence-electron chi connectivity index (χ0n) is 15.8. The molecular weight excluding hydrogens is 433 g/mol. The fourth-order valence-electron chi connectivity index (χ4n) is 2.79. The highest BCUT2D eigenvalue weighted by molar-refractivity contribution is 6.42. The van der Waals surface area contributed by atoms with Gasteiger partial charge in [0.15, 0.2) is 0 Å². The first-order valence-corrected chi connectivity index (χ1v) is 9.31. The molecule has 1 amide bonds. The average molecular weight is 448 g/mol. The molecule has 0 unspecified atom stereocenters. The number of hydrogen-bond acceptors (Lipinski definition) is 5. The number of nitrogens with one attached hydrogen (secondary N) is 2. The second-order valence-electron chi connectivity index (χ2n) is 6.30. The lowest BCUT2D eigenvalue weighted by Crippen LogP contribution is -2.23. The first-order chi connectivity index (χ1) is 14.2. The summed E-state index contributed by atoms with van der Waals surface area (Å²) in [4.78, 5) is 35.4. The molecule has 1 aromatic heterocycles. The Labute approximate surface area is 180 Å². The zero-order chi connectivity index (χ0) is 22.0. The third-order valence-electron chi connectivity index (χ3n) is 4.24. The molecule has 3 rings (SSSR count). The number of nitro benzene ring substituents is 1. The van der Waals surface area contributed by atoms with Crippen molar-refractivity contribution in [2.45, 2.75) is 13.8 Å². The normalized spacial score (nSPS) is 11.4. The van der Waals surface area contributed by atoms with Gasteiger partial charge in [0, 0.05) is 23.4 Å². The minimum Gasteiger partial charge on any atom is -0.295 e. The van der Waals surface area contributed by atoms with Gasteiger partial charge in [-0.3, -0.25) is 24.8 Å². The molecule has 2 N–H and O–H groups in total. The van der Waals surface area contributed by atoms with Gasteiger partial charge in [-0.1, -0.05) is 29.3 Å². The van der Waals surface area contributed by atoms with E-state index in [1.807, 2.05) is 0 Å². The summed E-state index contributed by atoms with van der Waals surface area (Å²) in [5, 5.41) is 18.4. The second-order valence-corrected chi connectivity index (χ2v) is 7.11. The van der Waals surface area contributed by atoms with Crippen molar-refractivity contribution in [1.82, 2.24) is 15.2 Å². The van der Waals surface area contributed by atoms with Crippen molar-refractivity contribution >= 4 is 40.5 Å². The highest BCUT2D eigenvalue weighted by Crippen LogP contribution is 2.24. The standard InChI is InChI=1S/C19H15Cl2N5O4/c1-10(22-23-18(27)12-4-3-5-14(8-12)26(29)30)17-11(2)24-25(19(17)28)13-6-7-15(20)16(21)9-13/h3-9,24H,1-2H3,(H,23,27)/b22-10-. The summed E-state index contributed by atoms with van der Waals surface area (Å²) < 4.78 is 1.29. The summed E-state index contributed by atoms with van der Waals surface area (Å²) in [6, 6.07) is 9.98. The van der Waals surface area contributed by atoms with Crippen molar-refractivity contribution in [3.05, 3.63) is 89.8 Å². The number of halogens is 2. The molecule has 0 saturated carbocycles. The van der Waals surface area contributed by atoms with Crippen LogP contribution in [0.1, 0.15) is 28.5 Å². The van der Waals surface area contributed by atoms with Crippen molar-refractivity contribution in [3.8, 4) is 5.69 Å². The molecule has 0 fully saturated rings. The Morgan fingerprint density at radius 3 is 2.60 bits per heavy atom. The fraction of sp³-hybridized carbons (Fsp3) is 0.105. The summed E-state index contributed by atoms with van der Waals surface area (Å²) >= 11 is 11.9. The lowest BCUT2D eigenvalue weighted by Gasteiger charge is -2.03. The van der Waals surface area contributed by atoms with E-state index in [1.54, 1.807) is 32.0 Å². The number of rotatable bonds is 5. The number of aryl methyl sites for hydroxylation is 1. The van der Waals surface area contributed by atoms with E-state index in [0.29, 0.717) is 21.4 Å². The molecule has 0 atom stereocenters. The first kappa shape index (κ1) is 21.3. The van der Waals surface area contributed by atoms with Gasteiger partial charge in [0.1, 0.15) is 0 Å². The summed E-state index contributed by atoms with van der Waals surface area (Å²) in [6.45, 7) is 3.25. The number of aromatic amines is 1. The topological polar surface area (TPSA) is 122 Å². The van der Waals surface area contributed by atoms with Crippen molar-refractivity contribution < 1.29 is 9.72 Å². The summed E-state index contributed by atoms with van der Waals surface area (Å²) in [5.41, 5.74) is 3.30. The van der Waals surface area contributed by atoms with Crippen LogP contribution >= 0.6 is 23.2 Å². The van der Waals surface area contributed by atoms with E-state index in [4.69, 9.17) is 23.2 Å². The third-order valence-corrected chi connectivity index (χ3v) is 4.98. The summed E-state index contributed by atoms with van der Waals surface area (Å²) in [5.74, 6) is -0.643. The number of non-ortho nitro benzene ring substituents is 1. The molecule has 9 nitrogen and oxygen atoms in total. The van der Waals surface area contributed by atoms with Gasteiger partial charge in [-0.2, -0.15) is 5.10 Å². The van der Waals surface area contributed by atoms with Crippen LogP contribution in [-0.2, 0) is 0 Å². The molecule has 0 aliphatic heterocycles. The molecule has 3 aromatic rings. The van der Waals surface area contributed by atoms with Gasteiger partial charge in [-0.25, -0.2) is 10.1 Å². The van der Waals surface area contributed by atoms with E-state index in [0.717, 1.165) is 6.07 Å². The van der Waals surface area contributed by atoms with Crippen LogP contribution < -0.4 is 11.0 Å². The van der Waals surface area contributed by atoms with Crippen molar-refractivity contribution in [2.24, 2.45) is 5.10 Å². The van der Waals surface area contributed by atoms with E-state index in [-0.39, 0.29) is 22.5 Å². The molecule has 2 aromatic carbocycles. The smallest absolute Gasteiger partial charge is 0.280 e. The van der Waals surface area contributed by atoms with Crippen LogP contribution in [0.15, 0.2) is 52.4 Å². The molecule has 0 aliphatic rings. The molecule has 1 heterocycles. The molecule has 30 heavy (non-hydrogen) atoms. The Hall–Kier alpha value is -3.43. The number of amides is 1. The average Bonchev–Trinajstić information content (AvgIpc) is 3.02. The third kappa shape index (κ3) is 4.27. The van der Waals surface area contributed by atoms with Crippen LogP contribution in [0, 0.1) is 17.0 Å². The SMILES string of the molecule is C/C(=N/NC(=O)c1cccc([N+](=O)[O-])c1)c1c(C)[nH]n(-c2ccc(Cl)c(Cl)c2)c1=O. The van der Waals surface area contributed by atoms with Gasteiger partial charge in [0.2, 0.25) is 0 Å². The second kappa shape index (κ2) is 8.52. The van der Waals surface area contributed by atoms with E-state index < -0.39 is 16.4 Å². The highest BCUT2D eigenvalue weighted by Gasteiger charge is 2.17. The number of carbonyl (C=O) groups is 1. The molecule has 0 radical (unpaired) electrons. The maximum atomic E-state index is 12.8. The maximum absolute atomic E-state index is 12.8. The molecule has 154 valence electrons.